The number of nitrogens with one attached hydrogen (secondary N) is 1. The maximum atomic E-state index is 3.87. The number of allylic oxidation sites excluding steroid dienone is 5. The van der Waals surface area contributed by atoms with E-state index in [0.717, 1.165) is 11.3 Å². The lowest BCUT2D eigenvalue weighted by atomic mass is 10.1. The SMILES string of the molecule is C=C/C=C\C(NC)=C(/C)C(=C)C. The summed E-state index contributed by atoms with van der Waals surface area (Å²) < 4.78 is 0. The van der Waals surface area contributed by atoms with Crippen molar-refractivity contribution in [2.24, 2.45) is 0 Å². The maximum Gasteiger partial charge on any atom is 0.0369 e. The summed E-state index contributed by atoms with van der Waals surface area (Å²) in [6, 6.07) is 0. The zero-order chi connectivity index (χ0) is 9.56. The van der Waals surface area contributed by atoms with Crippen molar-refractivity contribution in [3.05, 3.63) is 48.2 Å². The first-order chi connectivity index (χ1) is 5.63. The van der Waals surface area contributed by atoms with Crippen molar-refractivity contribution in [1.82, 2.24) is 5.32 Å². The van der Waals surface area contributed by atoms with Crippen molar-refractivity contribution in [1.29, 1.82) is 0 Å². The average molecular weight is 163 g/mol. The highest BCUT2D eigenvalue weighted by atomic mass is 14.8. The van der Waals surface area contributed by atoms with Gasteiger partial charge in [-0.1, -0.05) is 30.9 Å². The van der Waals surface area contributed by atoms with Gasteiger partial charge in [0.25, 0.3) is 0 Å². The highest BCUT2D eigenvalue weighted by Gasteiger charge is 1.95. The molecule has 1 nitrogen and oxygen atoms in total. The maximum absolute atomic E-state index is 3.87. The molecule has 0 rings (SSSR count). The highest BCUT2D eigenvalue weighted by molar-refractivity contribution is 5.35. The summed E-state index contributed by atoms with van der Waals surface area (Å²) >= 11 is 0. The molecule has 0 spiro atoms. The molecule has 0 aliphatic heterocycles. The normalized spacial score (nSPS) is 12.6. The Balaban J connectivity index is 4.72. The monoisotopic (exact) mass is 163 g/mol. The summed E-state index contributed by atoms with van der Waals surface area (Å²) in [6.45, 7) is 11.5. The minimum Gasteiger partial charge on any atom is -0.388 e. The Labute approximate surface area is 75.2 Å². The third-order valence-electron chi connectivity index (χ3n) is 1.71. The third kappa shape index (κ3) is 3.24. The smallest absolute Gasteiger partial charge is 0.0369 e. The van der Waals surface area contributed by atoms with Crippen LogP contribution in [0.2, 0.25) is 0 Å². The molecular weight excluding hydrogens is 146 g/mol. The van der Waals surface area contributed by atoms with E-state index in [9.17, 15) is 0 Å². The number of hydrogen-bond donors (Lipinski definition) is 1. The standard InChI is InChI=1S/C11H17N/c1-6-7-8-11(12-5)10(4)9(2)3/h6-8,12H,1-2H2,3-5H3/b8-7-,11-10-. The van der Waals surface area contributed by atoms with E-state index in [2.05, 4.69) is 18.5 Å². The molecule has 0 bridgehead atoms. The third-order valence-corrected chi connectivity index (χ3v) is 1.71. The Morgan fingerprint density at radius 3 is 2.25 bits per heavy atom. The Hall–Kier alpha value is -1.24. The Bertz CT molecular complexity index is 231. The predicted octanol–water partition coefficient (Wildman–Crippen LogP) is 2.80. The highest BCUT2D eigenvalue weighted by Crippen LogP contribution is 2.10. The van der Waals surface area contributed by atoms with Gasteiger partial charge in [-0.3, -0.25) is 0 Å². The van der Waals surface area contributed by atoms with Gasteiger partial charge >= 0.3 is 0 Å². The lowest BCUT2D eigenvalue weighted by Crippen LogP contribution is -2.06. The van der Waals surface area contributed by atoms with Crippen molar-refractivity contribution < 1.29 is 0 Å². The summed E-state index contributed by atoms with van der Waals surface area (Å²) in [4.78, 5) is 0. The summed E-state index contributed by atoms with van der Waals surface area (Å²) in [5.74, 6) is 0. The molecule has 0 saturated carbocycles. The van der Waals surface area contributed by atoms with Crippen LogP contribution in [0.25, 0.3) is 0 Å². The van der Waals surface area contributed by atoms with Crippen molar-refractivity contribution in [3.63, 3.8) is 0 Å². The molecule has 1 heteroatoms. The Morgan fingerprint density at radius 1 is 1.33 bits per heavy atom. The summed E-state index contributed by atoms with van der Waals surface area (Å²) in [7, 11) is 1.90. The lowest BCUT2D eigenvalue weighted by molar-refractivity contribution is 1.00. The van der Waals surface area contributed by atoms with Crippen LogP contribution >= 0.6 is 0 Å². The van der Waals surface area contributed by atoms with Crippen LogP contribution in [0.1, 0.15) is 13.8 Å². The van der Waals surface area contributed by atoms with Gasteiger partial charge in [0.05, 0.1) is 0 Å². The van der Waals surface area contributed by atoms with Crippen LogP contribution in [0.15, 0.2) is 48.2 Å². The number of likely N-dealkylation sites (N-methyl/N-ethyl adjacent to an activating group) is 1. The Kier molecular flexibility index (Phi) is 4.86. The van der Waals surface area contributed by atoms with E-state index in [1.54, 1.807) is 6.08 Å². The number of rotatable bonds is 4. The first kappa shape index (κ1) is 10.8. The van der Waals surface area contributed by atoms with Crippen LogP contribution < -0.4 is 5.32 Å². The predicted molar refractivity (Wildman–Crippen MR) is 55.9 cm³/mol. The van der Waals surface area contributed by atoms with Crippen molar-refractivity contribution >= 4 is 0 Å². The van der Waals surface area contributed by atoms with Crippen molar-refractivity contribution in [3.8, 4) is 0 Å². The van der Waals surface area contributed by atoms with Gasteiger partial charge in [0.1, 0.15) is 0 Å². The van der Waals surface area contributed by atoms with E-state index in [-0.39, 0.29) is 0 Å². The molecule has 0 aromatic heterocycles. The molecule has 0 fully saturated rings. The van der Waals surface area contributed by atoms with Crippen LogP contribution in [0.5, 0.6) is 0 Å². The van der Waals surface area contributed by atoms with Gasteiger partial charge < -0.3 is 5.32 Å². The molecular formula is C11H17N. The molecule has 0 aromatic rings. The average Bonchev–Trinajstić information content (AvgIpc) is 2.05. The summed E-state index contributed by atoms with van der Waals surface area (Å²) in [5, 5.41) is 3.10. The van der Waals surface area contributed by atoms with E-state index in [1.807, 2.05) is 33.0 Å². The molecule has 0 saturated heterocycles. The van der Waals surface area contributed by atoms with Crippen LogP contribution in [0.3, 0.4) is 0 Å². The van der Waals surface area contributed by atoms with Gasteiger partial charge in [-0.2, -0.15) is 0 Å². The first-order valence-electron chi connectivity index (χ1n) is 3.97. The molecule has 12 heavy (non-hydrogen) atoms. The van der Waals surface area contributed by atoms with Crippen LogP contribution in [0.4, 0.5) is 0 Å². The molecule has 0 heterocycles. The number of hydrogen-bond acceptors (Lipinski definition) is 1. The van der Waals surface area contributed by atoms with Gasteiger partial charge in [0, 0.05) is 12.7 Å². The fourth-order valence-corrected chi connectivity index (χ4v) is 0.790. The quantitative estimate of drug-likeness (QED) is 0.628. The zero-order valence-electron chi connectivity index (χ0n) is 8.15. The van der Waals surface area contributed by atoms with E-state index in [1.165, 1.54) is 5.57 Å². The van der Waals surface area contributed by atoms with Crippen LogP contribution in [-0.4, -0.2) is 7.05 Å². The molecule has 66 valence electrons. The van der Waals surface area contributed by atoms with Gasteiger partial charge in [-0.25, -0.2) is 0 Å². The molecule has 0 atom stereocenters. The first-order valence-corrected chi connectivity index (χ1v) is 3.97. The second-order valence-electron chi connectivity index (χ2n) is 2.66. The van der Waals surface area contributed by atoms with Crippen LogP contribution in [0, 0.1) is 0 Å². The molecule has 1 N–H and O–H groups in total. The largest absolute Gasteiger partial charge is 0.388 e. The lowest BCUT2D eigenvalue weighted by Gasteiger charge is -2.06. The molecule has 0 amide bonds. The topological polar surface area (TPSA) is 12.0 Å². The van der Waals surface area contributed by atoms with Gasteiger partial charge in [-0.05, 0) is 25.5 Å². The molecule has 0 aliphatic carbocycles. The van der Waals surface area contributed by atoms with Crippen molar-refractivity contribution in [2.45, 2.75) is 13.8 Å². The summed E-state index contributed by atoms with van der Waals surface area (Å²) in [5.41, 5.74) is 3.34. The van der Waals surface area contributed by atoms with E-state index >= 15 is 0 Å². The molecule has 0 aromatic carbocycles. The minimum absolute atomic E-state index is 1.08. The Morgan fingerprint density at radius 2 is 1.92 bits per heavy atom. The fourth-order valence-electron chi connectivity index (χ4n) is 0.790. The second-order valence-corrected chi connectivity index (χ2v) is 2.66. The minimum atomic E-state index is 1.08. The molecule has 0 radical (unpaired) electrons. The second kappa shape index (κ2) is 5.42. The van der Waals surface area contributed by atoms with Gasteiger partial charge in [0.2, 0.25) is 0 Å². The van der Waals surface area contributed by atoms with E-state index < -0.39 is 0 Å². The van der Waals surface area contributed by atoms with E-state index in [0.29, 0.717) is 0 Å². The van der Waals surface area contributed by atoms with Crippen molar-refractivity contribution in [2.75, 3.05) is 7.05 Å². The molecule has 0 unspecified atom stereocenters. The van der Waals surface area contributed by atoms with E-state index in [4.69, 9.17) is 0 Å². The fraction of sp³-hybridized carbons (Fsp3) is 0.273. The van der Waals surface area contributed by atoms with Gasteiger partial charge in [-0.15, -0.1) is 0 Å². The zero-order valence-corrected chi connectivity index (χ0v) is 8.15. The summed E-state index contributed by atoms with van der Waals surface area (Å²) in [6.07, 6.45) is 5.64. The van der Waals surface area contributed by atoms with Gasteiger partial charge in [0.15, 0.2) is 0 Å². The van der Waals surface area contributed by atoms with Crippen LogP contribution in [-0.2, 0) is 0 Å². The molecule has 0 aliphatic rings.